The van der Waals surface area contributed by atoms with E-state index in [1.807, 2.05) is 78.9 Å². The fourth-order valence-corrected chi connectivity index (χ4v) is 6.43. The van der Waals surface area contributed by atoms with Gasteiger partial charge < -0.3 is 9.84 Å². The first-order valence-electron chi connectivity index (χ1n) is 14.5. The maximum atomic E-state index is 14.3. The number of aromatic hydroxyl groups is 1. The van der Waals surface area contributed by atoms with E-state index in [4.69, 9.17) is 9.73 Å². The number of thiazole rings is 1. The van der Waals surface area contributed by atoms with Crippen LogP contribution in [0.25, 0.3) is 11.8 Å². The summed E-state index contributed by atoms with van der Waals surface area (Å²) in [4.78, 5) is 33.3. The number of hydrogen-bond acceptors (Lipinski definition) is 6. The molecule has 0 radical (unpaired) electrons. The molecule has 1 atom stereocenters. The van der Waals surface area contributed by atoms with Crippen LogP contribution in [0.4, 0.5) is 0 Å². The number of nitrogens with zero attached hydrogens (tertiary/aromatic N) is 2. The summed E-state index contributed by atoms with van der Waals surface area (Å²) in [6.45, 7) is 14.3. The molecule has 1 N–H and O–H groups in total. The number of benzene rings is 3. The van der Waals surface area contributed by atoms with Crippen LogP contribution in [0.3, 0.4) is 0 Å². The standard InChI is InChI=1S/C36H38N2O4S/c1-8-42-33(41)28-29(23-15-11-9-12-16-23)37-34-38(30(28)24-17-13-10-14-18-24)32(40)27(43-34)21-22-19-25(35(2,3)4)31(39)26(20-22)36(5,6)7/h9-21,30,39H,8H2,1-7H3/b27-21-/t30-/m1/s1. The van der Waals surface area contributed by atoms with Gasteiger partial charge in [0.15, 0.2) is 4.80 Å². The molecule has 7 heteroatoms. The van der Waals surface area contributed by atoms with E-state index in [2.05, 4.69) is 41.5 Å². The van der Waals surface area contributed by atoms with Crippen molar-refractivity contribution >= 4 is 29.1 Å². The van der Waals surface area contributed by atoms with Crippen molar-refractivity contribution < 1.29 is 14.6 Å². The molecule has 0 saturated heterocycles. The van der Waals surface area contributed by atoms with Crippen molar-refractivity contribution in [3.8, 4) is 5.75 Å². The molecule has 0 unspecified atom stereocenters. The fraction of sp³-hybridized carbons (Fsp3) is 0.306. The minimum absolute atomic E-state index is 0.198. The summed E-state index contributed by atoms with van der Waals surface area (Å²) in [5, 5.41) is 11.2. The minimum Gasteiger partial charge on any atom is -0.507 e. The predicted molar refractivity (Wildman–Crippen MR) is 173 cm³/mol. The van der Waals surface area contributed by atoms with Crippen LogP contribution in [0.2, 0.25) is 0 Å². The van der Waals surface area contributed by atoms with Gasteiger partial charge in [-0.3, -0.25) is 9.36 Å². The first-order chi connectivity index (χ1) is 20.3. The van der Waals surface area contributed by atoms with E-state index in [0.717, 1.165) is 27.8 Å². The Hall–Kier alpha value is -4.23. The van der Waals surface area contributed by atoms with Gasteiger partial charge >= 0.3 is 5.97 Å². The van der Waals surface area contributed by atoms with Crippen LogP contribution in [0, 0.1) is 0 Å². The zero-order chi connectivity index (χ0) is 31.1. The zero-order valence-electron chi connectivity index (χ0n) is 25.8. The van der Waals surface area contributed by atoms with Crippen molar-refractivity contribution in [2.75, 3.05) is 6.61 Å². The van der Waals surface area contributed by atoms with E-state index in [1.165, 1.54) is 11.3 Å². The van der Waals surface area contributed by atoms with Crippen LogP contribution in [-0.2, 0) is 20.4 Å². The third-order valence-electron chi connectivity index (χ3n) is 7.54. The molecule has 5 rings (SSSR count). The molecule has 1 aliphatic rings. The molecular formula is C36H38N2O4S. The van der Waals surface area contributed by atoms with Gasteiger partial charge in [-0.2, -0.15) is 0 Å². The zero-order valence-corrected chi connectivity index (χ0v) is 26.6. The maximum absolute atomic E-state index is 14.3. The largest absolute Gasteiger partial charge is 0.507 e. The topological polar surface area (TPSA) is 80.9 Å². The monoisotopic (exact) mass is 594 g/mol. The van der Waals surface area contributed by atoms with Gasteiger partial charge in [-0.25, -0.2) is 9.79 Å². The summed E-state index contributed by atoms with van der Waals surface area (Å²) in [7, 11) is 0. The van der Waals surface area contributed by atoms with E-state index in [1.54, 1.807) is 11.5 Å². The van der Waals surface area contributed by atoms with Crippen LogP contribution in [0.5, 0.6) is 5.75 Å². The minimum atomic E-state index is -0.719. The summed E-state index contributed by atoms with van der Waals surface area (Å²) in [6.07, 6.45) is 1.87. The van der Waals surface area contributed by atoms with E-state index in [-0.39, 0.29) is 28.7 Å². The summed E-state index contributed by atoms with van der Waals surface area (Å²) < 4.78 is 7.64. The summed E-state index contributed by atoms with van der Waals surface area (Å²) in [6, 6.07) is 22.3. The lowest BCUT2D eigenvalue weighted by Gasteiger charge is -2.27. The molecule has 3 aromatic carbocycles. The SMILES string of the molecule is CCOC(=O)C1=C(c2ccccc2)N=c2s/c(=C\c3cc(C(C)(C)C)c(O)c(C(C)(C)C)c3)c(=O)n2[C@@H]1c1ccccc1. The van der Waals surface area contributed by atoms with Crippen molar-refractivity contribution in [2.24, 2.45) is 4.99 Å². The molecule has 43 heavy (non-hydrogen) atoms. The van der Waals surface area contributed by atoms with Gasteiger partial charge in [-0.1, -0.05) is 114 Å². The van der Waals surface area contributed by atoms with Gasteiger partial charge in [-0.05, 0) is 47.1 Å². The van der Waals surface area contributed by atoms with Gasteiger partial charge in [-0.15, -0.1) is 0 Å². The average Bonchev–Trinajstić information content (AvgIpc) is 3.27. The van der Waals surface area contributed by atoms with Crippen molar-refractivity contribution in [1.82, 2.24) is 4.57 Å². The molecule has 6 nitrogen and oxygen atoms in total. The fourth-order valence-electron chi connectivity index (χ4n) is 5.43. The van der Waals surface area contributed by atoms with Gasteiger partial charge in [0.05, 0.1) is 28.5 Å². The Kier molecular flexibility index (Phi) is 8.05. The highest BCUT2D eigenvalue weighted by Gasteiger charge is 2.35. The van der Waals surface area contributed by atoms with Crippen LogP contribution in [0.1, 0.15) is 82.3 Å². The number of rotatable bonds is 5. The van der Waals surface area contributed by atoms with Gasteiger partial charge in [0.1, 0.15) is 5.75 Å². The highest BCUT2D eigenvalue weighted by Crippen LogP contribution is 2.40. The molecule has 222 valence electrons. The maximum Gasteiger partial charge on any atom is 0.338 e. The predicted octanol–water partition coefficient (Wildman–Crippen LogP) is 6.24. The lowest BCUT2D eigenvalue weighted by Crippen LogP contribution is -2.40. The molecule has 0 fully saturated rings. The van der Waals surface area contributed by atoms with E-state index < -0.39 is 12.0 Å². The summed E-state index contributed by atoms with van der Waals surface area (Å²) in [5.41, 5.74) is 3.97. The number of carbonyl (C=O) groups is 1. The molecule has 2 heterocycles. The molecule has 0 aliphatic carbocycles. The first-order valence-corrected chi connectivity index (χ1v) is 15.3. The normalized spacial score (nSPS) is 15.7. The third-order valence-corrected chi connectivity index (χ3v) is 8.52. The second-order valence-electron chi connectivity index (χ2n) is 12.8. The van der Waals surface area contributed by atoms with Crippen molar-refractivity contribution in [1.29, 1.82) is 0 Å². The third kappa shape index (κ3) is 5.87. The number of esters is 1. The van der Waals surface area contributed by atoms with Crippen molar-refractivity contribution in [2.45, 2.75) is 65.3 Å². The Labute approximate surface area is 256 Å². The molecule has 0 saturated carbocycles. The molecule has 0 amide bonds. The first kappa shape index (κ1) is 30.2. The van der Waals surface area contributed by atoms with Gasteiger partial charge in [0.25, 0.3) is 5.56 Å². The molecule has 1 aromatic heterocycles. The molecular weight excluding hydrogens is 556 g/mol. The molecule has 4 aromatic rings. The Bertz CT molecular complexity index is 1850. The van der Waals surface area contributed by atoms with Crippen LogP contribution >= 0.6 is 11.3 Å². The Morgan fingerprint density at radius 2 is 1.51 bits per heavy atom. The van der Waals surface area contributed by atoms with E-state index in [0.29, 0.717) is 20.6 Å². The summed E-state index contributed by atoms with van der Waals surface area (Å²) >= 11 is 1.29. The van der Waals surface area contributed by atoms with Crippen molar-refractivity contribution in [3.05, 3.63) is 126 Å². The molecule has 0 bridgehead atoms. The summed E-state index contributed by atoms with van der Waals surface area (Å²) in [5.74, 6) is -0.217. The second kappa shape index (κ2) is 11.5. The number of phenolic OH excluding ortho intramolecular Hbond substituents is 1. The van der Waals surface area contributed by atoms with Gasteiger partial charge in [0, 0.05) is 16.7 Å². The molecule has 1 aliphatic heterocycles. The van der Waals surface area contributed by atoms with Crippen LogP contribution in [0.15, 0.2) is 88.2 Å². The lowest BCUT2D eigenvalue weighted by molar-refractivity contribution is -0.138. The Balaban J connectivity index is 1.83. The van der Waals surface area contributed by atoms with Crippen LogP contribution in [-0.4, -0.2) is 22.2 Å². The Morgan fingerprint density at radius 3 is 2.05 bits per heavy atom. The second-order valence-corrected chi connectivity index (χ2v) is 13.8. The smallest absolute Gasteiger partial charge is 0.338 e. The van der Waals surface area contributed by atoms with Crippen molar-refractivity contribution in [3.63, 3.8) is 0 Å². The number of carbonyl (C=O) groups excluding carboxylic acids is 1. The number of aromatic nitrogens is 1. The number of ether oxygens (including phenoxy) is 1. The van der Waals surface area contributed by atoms with Crippen LogP contribution < -0.4 is 14.9 Å². The Morgan fingerprint density at radius 1 is 0.953 bits per heavy atom. The quantitative estimate of drug-likeness (QED) is 0.278. The number of hydrogen-bond donors (Lipinski definition) is 1. The average molecular weight is 595 g/mol. The van der Waals surface area contributed by atoms with E-state index in [9.17, 15) is 14.7 Å². The lowest BCUT2D eigenvalue weighted by atomic mass is 9.78. The van der Waals surface area contributed by atoms with E-state index >= 15 is 0 Å². The van der Waals surface area contributed by atoms with Gasteiger partial charge in [0.2, 0.25) is 0 Å². The number of phenols is 1. The highest BCUT2D eigenvalue weighted by atomic mass is 32.1. The molecule has 0 spiro atoms. The highest BCUT2D eigenvalue weighted by molar-refractivity contribution is 7.07. The number of fused-ring (bicyclic) bond motifs is 1.